The SMILES string of the molecule is Cc1c(C(=O)NCC(C)O)sc(=O)n1C. The first-order valence-electron chi connectivity index (χ1n) is 4.56. The number of nitrogens with zero attached hydrogens (tertiary/aromatic N) is 1. The third-order valence-corrected chi connectivity index (χ3v) is 3.19. The third kappa shape index (κ3) is 2.66. The fourth-order valence-electron chi connectivity index (χ4n) is 1.05. The number of aliphatic hydroxyl groups is 1. The maximum absolute atomic E-state index is 11.6. The van der Waals surface area contributed by atoms with Crippen LogP contribution < -0.4 is 10.2 Å². The largest absolute Gasteiger partial charge is 0.392 e. The summed E-state index contributed by atoms with van der Waals surface area (Å²) in [7, 11) is 1.62. The molecule has 2 N–H and O–H groups in total. The predicted octanol–water partition coefficient (Wildman–Crippen LogP) is -0.134. The number of rotatable bonds is 3. The Balaban J connectivity index is 2.83. The molecule has 0 radical (unpaired) electrons. The van der Waals surface area contributed by atoms with Crippen LogP contribution in [-0.2, 0) is 7.05 Å². The van der Waals surface area contributed by atoms with Crippen LogP contribution in [0.4, 0.5) is 0 Å². The molecule has 0 aliphatic carbocycles. The van der Waals surface area contributed by atoms with Gasteiger partial charge in [0.05, 0.1) is 6.10 Å². The number of hydrogen-bond donors (Lipinski definition) is 2. The lowest BCUT2D eigenvalue weighted by atomic mass is 10.3. The molecule has 0 saturated carbocycles. The van der Waals surface area contributed by atoms with E-state index in [9.17, 15) is 9.59 Å². The van der Waals surface area contributed by atoms with Gasteiger partial charge in [-0.1, -0.05) is 11.3 Å². The van der Waals surface area contributed by atoms with Gasteiger partial charge in [-0.2, -0.15) is 0 Å². The molecule has 0 aromatic carbocycles. The van der Waals surface area contributed by atoms with Crippen molar-refractivity contribution in [2.45, 2.75) is 20.0 Å². The van der Waals surface area contributed by atoms with E-state index in [2.05, 4.69) is 5.32 Å². The molecule has 0 spiro atoms. The quantitative estimate of drug-likeness (QED) is 0.759. The summed E-state index contributed by atoms with van der Waals surface area (Å²) in [6, 6.07) is 0. The second-order valence-electron chi connectivity index (χ2n) is 3.40. The molecule has 0 bridgehead atoms. The summed E-state index contributed by atoms with van der Waals surface area (Å²) in [6.07, 6.45) is -0.588. The van der Waals surface area contributed by atoms with E-state index in [1.54, 1.807) is 20.9 Å². The van der Waals surface area contributed by atoms with Crippen molar-refractivity contribution in [1.82, 2.24) is 9.88 Å². The number of aromatic nitrogens is 1. The van der Waals surface area contributed by atoms with Gasteiger partial charge >= 0.3 is 4.87 Å². The molecule has 84 valence electrons. The Bertz CT molecular complexity index is 419. The molecular weight excluding hydrogens is 216 g/mol. The molecule has 5 nitrogen and oxygen atoms in total. The molecule has 1 unspecified atom stereocenters. The number of aliphatic hydroxyl groups excluding tert-OH is 1. The van der Waals surface area contributed by atoms with E-state index >= 15 is 0 Å². The number of hydrogen-bond acceptors (Lipinski definition) is 4. The summed E-state index contributed by atoms with van der Waals surface area (Å²) < 4.78 is 1.43. The van der Waals surface area contributed by atoms with Crippen LogP contribution >= 0.6 is 11.3 Å². The zero-order valence-corrected chi connectivity index (χ0v) is 9.72. The first kappa shape index (κ1) is 11.9. The molecule has 15 heavy (non-hydrogen) atoms. The molecule has 0 saturated heterocycles. The van der Waals surface area contributed by atoms with E-state index in [-0.39, 0.29) is 17.3 Å². The highest BCUT2D eigenvalue weighted by atomic mass is 32.1. The van der Waals surface area contributed by atoms with Gasteiger partial charge in [0.15, 0.2) is 0 Å². The summed E-state index contributed by atoms with van der Waals surface area (Å²) in [6.45, 7) is 3.49. The molecule has 1 aromatic rings. The topological polar surface area (TPSA) is 71.3 Å². The third-order valence-electron chi connectivity index (χ3n) is 2.06. The zero-order valence-electron chi connectivity index (χ0n) is 8.90. The van der Waals surface area contributed by atoms with Crippen molar-refractivity contribution < 1.29 is 9.90 Å². The number of nitrogens with one attached hydrogen (secondary N) is 1. The molecule has 1 rings (SSSR count). The van der Waals surface area contributed by atoms with Crippen molar-refractivity contribution >= 4 is 17.2 Å². The van der Waals surface area contributed by atoms with Crippen molar-refractivity contribution in [3.63, 3.8) is 0 Å². The lowest BCUT2D eigenvalue weighted by Crippen LogP contribution is -2.30. The highest BCUT2D eigenvalue weighted by Gasteiger charge is 2.15. The van der Waals surface area contributed by atoms with Gasteiger partial charge in [0.2, 0.25) is 0 Å². The standard InChI is InChI=1S/C9H14N2O3S/c1-5(12)4-10-8(13)7-6(2)11(3)9(14)15-7/h5,12H,4H2,1-3H3,(H,10,13). The Labute approximate surface area is 91.4 Å². The molecule has 0 aliphatic rings. The minimum Gasteiger partial charge on any atom is -0.392 e. The fraction of sp³-hybridized carbons (Fsp3) is 0.556. The van der Waals surface area contributed by atoms with E-state index in [0.717, 1.165) is 11.3 Å². The lowest BCUT2D eigenvalue weighted by Gasteiger charge is -2.06. The summed E-state index contributed by atoms with van der Waals surface area (Å²) >= 11 is 0.914. The molecule has 1 atom stereocenters. The van der Waals surface area contributed by atoms with Crippen molar-refractivity contribution in [1.29, 1.82) is 0 Å². The monoisotopic (exact) mass is 230 g/mol. The molecule has 0 fully saturated rings. The van der Waals surface area contributed by atoms with Crippen LogP contribution in [0.2, 0.25) is 0 Å². The second-order valence-corrected chi connectivity index (χ2v) is 4.36. The van der Waals surface area contributed by atoms with Crippen LogP contribution in [0.1, 0.15) is 22.3 Å². The van der Waals surface area contributed by atoms with Crippen LogP contribution in [0.5, 0.6) is 0 Å². The highest BCUT2D eigenvalue weighted by molar-refractivity contribution is 7.11. The number of carbonyl (C=O) groups excluding carboxylic acids is 1. The van der Waals surface area contributed by atoms with Crippen LogP contribution in [0, 0.1) is 6.92 Å². The minimum atomic E-state index is -0.588. The van der Waals surface area contributed by atoms with Crippen molar-refractivity contribution in [2.24, 2.45) is 7.05 Å². The summed E-state index contributed by atoms with van der Waals surface area (Å²) in [5, 5.41) is 11.5. The Kier molecular flexibility index (Phi) is 3.65. The van der Waals surface area contributed by atoms with Gasteiger partial charge in [-0.15, -0.1) is 0 Å². The summed E-state index contributed by atoms with van der Waals surface area (Å²) in [4.78, 5) is 23.1. The summed E-state index contributed by atoms with van der Waals surface area (Å²) in [5.41, 5.74) is 0.646. The van der Waals surface area contributed by atoms with E-state index < -0.39 is 6.10 Å². The average molecular weight is 230 g/mol. The number of thiazole rings is 1. The van der Waals surface area contributed by atoms with E-state index in [1.165, 1.54) is 4.57 Å². The first-order chi connectivity index (χ1) is 6.93. The second kappa shape index (κ2) is 4.59. The first-order valence-corrected chi connectivity index (χ1v) is 5.37. The van der Waals surface area contributed by atoms with Crippen LogP contribution in [0.3, 0.4) is 0 Å². The molecule has 6 heteroatoms. The van der Waals surface area contributed by atoms with Gasteiger partial charge in [0, 0.05) is 19.3 Å². The zero-order chi connectivity index (χ0) is 11.6. The molecule has 1 aromatic heterocycles. The van der Waals surface area contributed by atoms with Crippen molar-refractivity contribution in [3.8, 4) is 0 Å². The average Bonchev–Trinajstić information content (AvgIpc) is 2.42. The normalized spacial score (nSPS) is 12.5. The van der Waals surface area contributed by atoms with Gasteiger partial charge in [-0.05, 0) is 13.8 Å². The predicted molar refractivity (Wildman–Crippen MR) is 58.3 cm³/mol. The Morgan fingerprint density at radius 2 is 2.27 bits per heavy atom. The Morgan fingerprint density at radius 1 is 1.67 bits per heavy atom. The maximum atomic E-state index is 11.6. The van der Waals surface area contributed by atoms with Gasteiger partial charge in [0.25, 0.3) is 5.91 Å². The van der Waals surface area contributed by atoms with Crippen molar-refractivity contribution in [3.05, 3.63) is 20.2 Å². The number of carbonyl (C=O) groups is 1. The smallest absolute Gasteiger partial charge is 0.307 e. The van der Waals surface area contributed by atoms with E-state index in [4.69, 9.17) is 5.11 Å². The van der Waals surface area contributed by atoms with Gasteiger partial charge in [0.1, 0.15) is 4.88 Å². The number of amides is 1. The Morgan fingerprint density at radius 3 is 2.67 bits per heavy atom. The fourth-order valence-corrected chi connectivity index (χ4v) is 1.95. The van der Waals surface area contributed by atoms with Crippen LogP contribution in [0.15, 0.2) is 4.79 Å². The minimum absolute atomic E-state index is 0.158. The Hall–Kier alpha value is -1.14. The summed E-state index contributed by atoms with van der Waals surface area (Å²) in [5.74, 6) is -0.309. The molecule has 0 aliphatic heterocycles. The molecule has 1 amide bonds. The molecule has 1 heterocycles. The highest BCUT2D eigenvalue weighted by Crippen LogP contribution is 2.09. The van der Waals surface area contributed by atoms with Crippen molar-refractivity contribution in [2.75, 3.05) is 6.54 Å². The van der Waals surface area contributed by atoms with Crippen LogP contribution in [0.25, 0.3) is 0 Å². The lowest BCUT2D eigenvalue weighted by molar-refractivity contribution is 0.0927. The van der Waals surface area contributed by atoms with Gasteiger partial charge < -0.3 is 15.0 Å². The maximum Gasteiger partial charge on any atom is 0.307 e. The van der Waals surface area contributed by atoms with E-state index in [0.29, 0.717) is 10.6 Å². The van der Waals surface area contributed by atoms with E-state index in [1.807, 2.05) is 0 Å². The van der Waals surface area contributed by atoms with Crippen LogP contribution in [-0.4, -0.2) is 28.2 Å². The van der Waals surface area contributed by atoms with Gasteiger partial charge in [-0.25, -0.2) is 0 Å². The molecular formula is C9H14N2O3S. The van der Waals surface area contributed by atoms with Gasteiger partial charge in [-0.3, -0.25) is 9.59 Å².